The van der Waals surface area contributed by atoms with E-state index in [1.165, 1.54) is 14.3 Å². The van der Waals surface area contributed by atoms with Crippen molar-refractivity contribution in [3.63, 3.8) is 0 Å². The fraction of sp³-hybridized carbons (Fsp3) is 0.250. The van der Waals surface area contributed by atoms with Gasteiger partial charge in [0.05, 0.1) is 0 Å². The summed E-state index contributed by atoms with van der Waals surface area (Å²) in [5, 5.41) is 5.51. The summed E-state index contributed by atoms with van der Waals surface area (Å²) in [6.45, 7) is 0. The molecule has 3 heterocycles. The van der Waals surface area contributed by atoms with Crippen LogP contribution in [-0.4, -0.2) is 17.0 Å². The van der Waals surface area contributed by atoms with E-state index in [2.05, 4.69) is 32.8 Å². The van der Waals surface area contributed by atoms with Crippen LogP contribution in [0.3, 0.4) is 0 Å². The van der Waals surface area contributed by atoms with E-state index < -0.39 is 0 Å². The minimum Gasteiger partial charge on any atom is -0.349 e. The number of hydrogen-bond acceptors (Lipinski definition) is 4. The number of rotatable bonds is 4. The highest BCUT2D eigenvalue weighted by molar-refractivity contribution is 7.26. The number of nitrogens with one attached hydrogen (secondary N) is 2. The molecule has 1 atom stereocenters. The van der Waals surface area contributed by atoms with E-state index in [4.69, 9.17) is 0 Å². The van der Waals surface area contributed by atoms with Crippen molar-refractivity contribution >= 4 is 32.1 Å². The van der Waals surface area contributed by atoms with Crippen LogP contribution in [0, 0.1) is 0 Å². The van der Waals surface area contributed by atoms with Gasteiger partial charge >= 0.3 is 0 Å². The highest BCUT2D eigenvalue weighted by Crippen LogP contribution is 2.34. The van der Waals surface area contributed by atoms with Crippen LogP contribution in [0.25, 0.3) is 9.40 Å². The molecule has 5 heteroatoms. The molecule has 0 bridgehead atoms. The van der Waals surface area contributed by atoms with Crippen LogP contribution in [0.1, 0.15) is 16.7 Å². The molecule has 0 aliphatic rings. The van der Waals surface area contributed by atoms with Gasteiger partial charge in [0, 0.05) is 39.1 Å². The quantitative estimate of drug-likeness (QED) is 0.759. The molecule has 0 aromatic carbocycles. The smallest absolute Gasteiger partial charge is 0.107 e. The second-order valence-corrected chi connectivity index (χ2v) is 5.94. The zero-order chi connectivity index (χ0) is 11.7. The Labute approximate surface area is 108 Å². The molecule has 3 aromatic rings. The van der Waals surface area contributed by atoms with E-state index in [0.29, 0.717) is 6.04 Å². The van der Waals surface area contributed by atoms with Crippen LogP contribution in [0.5, 0.6) is 0 Å². The summed E-state index contributed by atoms with van der Waals surface area (Å²) in [4.78, 5) is 8.82. The number of likely N-dealkylation sites (N-methyl/N-ethyl adjacent to an activating group) is 1. The highest BCUT2D eigenvalue weighted by atomic mass is 32.1. The van der Waals surface area contributed by atoms with Gasteiger partial charge in [-0.15, -0.1) is 22.7 Å². The van der Waals surface area contributed by atoms with Gasteiger partial charge in [0.25, 0.3) is 0 Å². The summed E-state index contributed by atoms with van der Waals surface area (Å²) >= 11 is 3.67. The second kappa shape index (κ2) is 4.60. The molecule has 88 valence electrons. The first-order valence-electron chi connectivity index (χ1n) is 5.49. The van der Waals surface area contributed by atoms with Crippen LogP contribution in [-0.2, 0) is 6.42 Å². The van der Waals surface area contributed by atoms with Crippen molar-refractivity contribution in [2.45, 2.75) is 12.5 Å². The predicted octanol–water partition coefficient (Wildman–Crippen LogP) is 3.19. The van der Waals surface area contributed by atoms with Gasteiger partial charge in [-0.05, 0) is 24.6 Å². The summed E-state index contributed by atoms with van der Waals surface area (Å²) in [6.07, 6.45) is 4.57. The third-order valence-electron chi connectivity index (χ3n) is 2.80. The third-order valence-corrected chi connectivity index (χ3v) is 5.01. The average Bonchev–Trinajstić information content (AvgIpc) is 3.01. The maximum atomic E-state index is 4.28. The number of imidazole rings is 1. The molecule has 2 N–H and O–H groups in total. The first-order chi connectivity index (χ1) is 8.36. The molecule has 0 aliphatic heterocycles. The molecular formula is C12H13N3S2. The Morgan fingerprint density at radius 2 is 2.41 bits per heavy atom. The molecule has 0 aliphatic carbocycles. The number of fused-ring (bicyclic) bond motifs is 1. The van der Waals surface area contributed by atoms with E-state index in [-0.39, 0.29) is 0 Å². The lowest BCUT2D eigenvalue weighted by atomic mass is 10.1. The van der Waals surface area contributed by atoms with Gasteiger partial charge in [0.2, 0.25) is 0 Å². The molecule has 1 unspecified atom stereocenters. The standard InChI is InChI=1S/C12H13N3S2/c1-13-8(6-12-14-3-4-15-12)10-7-11-9(17-10)2-5-16-11/h2-5,7-8,13H,6H2,1H3,(H,14,15). The summed E-state index contributed by atoms with van der Waals surface area (Å²) in [6, 6.07) is 4.81. The maximum absolute atomic E-state index is 4.28. The maximum Gasteiger partial charge on any atom is 0.107 e. The number of aromatic amines is 1. The fourth-order valence-corrected chi connectivity index (χ4v) is 4.13. The lowest BCUT2D eigenvalue weighted by Gasteiger charge is -2.12. The minimum absolute atomic E-state index is 0.339. The van der Waals surface area contributed by atoms with E-state index >= 15 is 0 Å². The van der Waals surface area contributed by atoms with Gasteiger partial charge in [-0.25, -0.2) is 4.98 Å². The zero-order valence-corrected chi connectivity index (χ0v) is 11.1. The van der Waals surface area contributed by atoms with Crippen molar-refractivity contribution in [2.75, 3.05) is 7.05 Å². The summed E-state index contributed by atoms with van der Waals surface area (Å²) in [5.74, 6) is 1.03. The van der Waals surface area contributed by atoms with E-state index in [9.17, 15) is 0 Å². The zero-order valence-electron chi connectivity index (χ0n) is 9.43. The van der Waals surface area contributed by atoms with Gasteiger partial charge in [-0.2, -0.15) is 0 Å². The first-order valence-corrected chi connectivity index (χ1v) is 7.19. The third kappa shape index (κ3) is 2.13. The Bertz CT molecular complexity index is 566. The molecule has 0 fully saturated rings. The molecule has 0 saturated carbocycles. The van der Waals surface area contributed by atoms with Crippen molar-refractivity contribution in [1.82, 2.24) is 15.3 Å². The molecule has 3 rings (SSSR count). The summed E-state index contributed by atoms with van der Waals surface area (Å²) in [7, 11) is 2.00. The topological polar surface area (TPSA) is 40.7 Å². The summed E-state index contributed by atoms with van der Waals surface area (Å²) < 4.78 is 2.76. The van der Waals surface area contributed by atoms with E-state index in [1.54, 1.807) is 17.5 Å². The molecule has 0 saturated heterocycles. The van der Waals surface area contributed by atoms with Crippen molar-refractivity contribution in [3.8, 4) is 0 Å². The SMILES string of the molecule is CNC(Cc1ncc[nH]1)c1cc2sccc2s1. The van der Waals surface area contributed by atoms with Gasteiger partial charge in [-0.1, -0.05) is 0 Å². The van der Waals surface area contributed by atoms with Crippen molar-refractivity contribution in [2.24, 2.45) is 0 Å². The minimum atomic E-state index is 0.339. The monoisotopic (exact) mass is 263 g/mol. The first kappa shape index (κ1) is 11.0. The van der Waals surface area contributed by atoms with Gasteiger partial charge < -0.3 is 10.3 Å². The number of hydrogen-bond donors (Lipinski definition) is 2. The Morgan fingerprint density at radius 1 is 1.47 bits per heavy atom. The normalized spacial score (nSPS) is 13.2. The van der Waals surface area contributed by atoms with Crippen molar-refractivity contribution in [3.05, 3.63) is 40.6 Å². The van der Waals surface area contributed by atoms with Crippen molar-refractivity contribution in [1.29, 1.82) is 0 Å². The second-order valence-electron chi connectivity index (χ2n) is 3.88. The number of aromatic nitrogens is 2. The van der Waals surface area contributed by atoms with Crippen LogP contribution in [0.2, 0.25) is 0 Å². The average molecular weight is 263 g/mol. The van der Waals surface area contributed by atoms with Crippen LogP contribution >= 0.6 is 22.7 Å². The van der Waals surface area contributed by atoms with Crippen LogP contribution < -0.4 is 5.32 Å². The highest BCUT2D eigenvalue weighted by Gasteiger charge is 2.14. The Morgan fingerprint density at radius 3 is 3.12 bits per heavy atom. The molecule has 0 amide bonds. The van der Waals surface area contributed by atoms with Crippen LogP contribution in [0.4, 0.5) is 0 Å². The molecular weight excluding hydrogens is 250 g/mol. The lowest BCUT2D eigenvalue weighted by molar-refractivity contribution is 0.588. The Kier molecular flexibility index (Phi) is 2.96. The Hall–Kier alpha value is -1.17. The molecule has 3 aromatic heterocycles. The van der Waals surface area contributed by atoms with E-state index in [0.717, 1.165) is 12.2 Å². The molecule has 0 radical (unpaired) electrons. The molecule has 17 heavy (non-hydrogen) atoms. The molecule has 3 nitrogen and oxygen atoms in total. The van der Waals surface area contributed by atoms with Crippen LogP contribution in [0.15, 0.2) is 29.9 Å². The van der Waals surface area contributed by atoms with Gasteiger partial charge in [0.1, 0.15) is 5.82 Å². The lowest BCUT2D eigenvalue weighted by Crippen LogP contribution is -2.18. The fourth-order valence-electron chi connectivity index (χ4n) is 1.90. The molecule has 0 spiro atoms. The van der Waals surface area contributed by atoms with E-state index in [1.807, 2.05) is 24.6 Å². The number of H-pyrrole nitrogens is 1. The predicted molar refractivity (Wildman–Crippen MR) is 73.8 cm³/mol. The van der Waals surface area contributed by atoms with Gasteiger partial charge in [-0.3, -0.25) is 0 Å². The van der Waals surface area contributed by atoms with Crippen molar-refractivity contribution < 1.29 is 0 Å². The van der Waals surface area contributed by atoms with Gasteiger partial charge in [0.15, 0.2) is 0 Å². The number of thiophene rings is 2. The summed E-state index contributed by atoms with van der Waals surface area (Å²) in [5.41, 5.74) is 0. The number of nitrogens with zero attached hydrogens (tertiary/aromatic N) is 1. The Balaban J connectivity index is 1.87. The largest absolute Gasteiger partial charge is 0.349 e.